The summed E-state index contributed by atoms with van der Waals surface area (Å²) in [5, 5.41) is 20.6. The predicted molar refractivity (Wildman–Crippen MR) is 78.8 cm³/mol. The molecule has 1 aliphatic rings. The molecule has 0 unspecified atom stereocenters. The van der Waals surface area contributed by atoms with Crippen LogP contribution in [0.1, 0.15) is 19.3 Å². The molecule has 3 N–H and O–H groups in total. The minimum Gasteiger partial charge on any atom is -0.481 e. The number of nitrogens with zero attached hydrogens (tertiary/aromatic N) is 1. The molecule has 0 saturated carbocycles. The maximum atomic E-state index is 11.9. The highest BCUT2D eigenvalue weighted by atomic mass is 32.2. The molecule has 0 aliphatic carbocycles. The molecule has 0 aromatic heterocycles. The number of aliphatic carboxylic acids is 1. The molecule has 6 nitrogen and oxygen atoms in total. The number of likely N-dealkylation sites (tertiary alicyclic amines) is 1. The van der Waals surface area contributed by atoms with Crippen molar-refractivity contribution in [3.63, 3.8) is 0 Å². The molecule has 7 heteroatoms. The van der Waals surface area contributed by atoms with Crippen LogP contribution in [0.2, 0.25) is 0 Å². The molecular weight excluding hydrogens is 280 g/mol. The smallest absolute Gasteiger partial charge is 0.306 e. The summed E-state index contributed by atoms with van der Waals surface area (Å²) < 4.78 is 0. The van der Waals surface area contributed by atoms with Crippen LogP contribution < -0.4 is 5.32 Å². The highest BCUT2D eigenvalue weighted by molar-refractivity contribution is 7.99. The first-order valence-corrected chi connectivity index (χ1v) is 8.20. The van der Waals surface area contributed by atoms with E-state index in [1.54, 1.807) is 16.7 Å². The van der Waals surface area contributed by atoms with E-state index in [1.165, 1.54) is 0 Å². The summed E-state index contributed by atoms with van der Waals surface area (Å²) in [4.78, 5) is 24.4. The van der Waals surface area contributed by atoms with Crippen LogP contribution in [0.5, 0.6) is 0 Å². The van der Waals surface area contributed by atoms with Crippen LogP contribution in [0, 0.1) is 5.92 Å². The summed E-state index contributed by atoms with van der Waals surface area (Å²) in [5.74, 6) is 0.864. The molecule has 0 radical (unpaired) electrons. The Kier molecular flexibility index (Phi) is 8.64. The molecule has 0 aromatic carbocycles. The number of carboxylic acids is 1. The van der Waals surface area contributed by atoms with Gasteiger partial charge in [0, 0.05) is 32.0 Å². The van der Waals surface area contributed by atoms with E-state index in [1.807, 2.05) is 0 Å². The Balaban J connectivity index is 2.04. The average Bonchev–Trinajstić information content (AvgIpc) is 2.46. The first-order valence-electron chi connectivity index (χ1n) is 7.05. The summed E-state index contributed by atoms with van der Waals surface area (Å²) in [6.45, 7) is 2.41. The van der Waals surface area contributed by atoms with Crippen LogP contribution >= 0.6 is 11.8 Å². The van der Waals surface area contributed by atoms with Crippen LogP contribution in [0.15, 0.2) is 0 Å². The van der Waals surface area contributed by atoms with Crippen molar-refractivity contribution in [1.82, 2.24) is 10.2 Å². The summed E-state index contributed by atoms with van der Waals surface area (Å²) in [6.07, 6.45) is 1.91. The second-order valence-corrected chi connectivity index (χ2v) is 6.08. The van der Waals surface area contributed by atoms with Gasteiger partial charge in [0.2, 0.25) is 5.91 Å². The fraction of sp³-hybridized carbons (Fsp3) is 0.846. The number of thioether (sulfide) groups is 1. The number of hydrogen-bond donors (Lipinski definition) is 3. The Labute approximate surface area is 123 Å². The third-order valence-electron chi connectivity index (χ3n) is 3.34. The largest absolute Gasteiger partial charge is 0.481 e. The Morgan fingerprint density at radius 1 is 1.25 bits per heavy atom. The molecule has 1 aliphatic heterocycles. The van der Waals surface area contributed by atoms with Crippen LogP contribution in [-0.4, -0.2) is 71.3 Å². The third kappa shape index (κ3) is 6.58. The minimum absolute atomic E-state index is 0.0502. The van der Waals surface area contributed by atoms with E-state index in [-0.39, 0.29) is 18.4 Å². The van der Waals surface area contributed by atoms with Gasteiger partial charge in [0.05, 0.1) is 12.5 Å². The second kappa shape index (κ2) is 10.0. The summed E-state index contributed by atoms with van der Waals surface area (Å²) in [5.41, 5.74) is 0. The number of rotatable bonds is 9. The maximum Gasteiger partial charge on any atom is 0.306 e. The van der Waals surface area contributed by atoms with Crippen LogP contribution in [0.3, 0.4) is 0 Å². The summed E-state index contributed by atoms with van der Waals surface area (Å²) >= 11 is 1.76. The van der Waals surface area contributed by atoms with E-state index >= 15 is 0 Å². The Morgan fingerprint density at radius 2 is 1.95 bits per heavy atom. The van der Waals surface area contributed by atoms with Crippen molar-refractivity contribution >= 4 is 23.6 Å². The molecule has 0 spiro atoms. The van der Waals surface area contributed by atoms with E-state index < -0.39 is 5.97 Å². The lowest BCUT2D eigenvalue weighted by atomic mass is 9.97. The van der Waals surface area contributed by atoms with Gasteiger partial charge in [-0.2, -0.15) is 11.8 Å². The van der Waals surface area contributed by atoms with E-state index in [0.29, 0.717) is 32.5 Å². The van der Waals surface area contributed by atoms with Crippen molar-refractivity contribution in [3.05, 3.63) is 0 Å². The van der Waals surface area contributed by atoms with Crippen molar-refractivity contribution in [3.8, 4) is 0 Å². The van der Waals surface area contributed by atoms with Crippen molar-refractivity contribution in [2.24, 2.45) is 5.92 Å². The number of nitrogens with one attached hydrogen (secondary N) is 1. The van der Waals surface area contributed by atoms with Gasteiger partial charge in [-0.15, -0.1) is 0 Å². The molecule has 20 heavy (non-hydrogen) atoms. The number of hydrogen-bond acceptors (Lipinski definition) is 5. The fourth-order valence-electron chi connectivity index (χ4n) is 2.10. The van der Waals surface area contributed by atoms with Gasteiger partial charge in [0.15, 0.2) is 0 Å². The number of carbonyl (C=O) groups is 2. The van der Waals surface area contributed by atoms with Gasteiger partial charge in [-0.1, -0.05) is 0 Å². The lowest BCUT2D eigenvalue weighted by Gasteiger charge is -2.30. The van der Waals surface area contributed by atoms with Crippen LogP contribution in [0.25, 0.3) is 0 Å². The zero-order valence-electron chi connectivity index (χ0n) is 11.7. The van der Waals surface area contributed by atoms with E-state index in [0.717, 1.165) is 24.5 Å². The first kappa shape index (κ1) is 17.3. The Bertz CT molecular complexity index is 307. The number of amides is 1. The normalized spacial score (nSPS) is 16.4. The highest BCUT2D eigenvalue weighted by Gasteiger charge is 2.26. The number of carbonyl (C=O) groups excluding carboxylic acids is 1. The van der Waals surface area contributed by atoms with E-state index in [4.69, 9.17) is 10.2 Å². The van der Waals surface area contributed by atoms with Crippen LogP contribution in [-0.2, 0) is 9.59 Å². The minimum atomic E-state index is -0.755. The zero-order chi connectivity index (χ0) is 14.8. The average molecular weight is 304 g/mol. The molecular formula is C13H24N2O4S. The molecule has 1 saturated heterocycles. The SMILES string of the molecule is O=C(O)C1CCN(C(=O)CNCCSCCCO)CC1. The molecule has 1 amide bonds. The molecule has 1 fully saturated rings. The fourth-order valence-corrected chi connectivity index (χ4v) is 2.92. The molecule has 1 rings (SSSR count). The third-order valence-corrected chi connectivity index (χ3v) is 4.41. The molecule has 0 aromatic rings. The zero-order valence-corrected chi connectivity index (χ0v) is 12.5. The molecule has 0 atom stereocenters. The van der Waals surface area contributed by atoms with Gasteiger partial charge in [-0.05, 0) is 25.0 Å². The number of aliphatic hydroxyl groups excluding tert-OH is 1. The molecule has 116 valence electrons. The predicted octanol–water partition coefficient (Wildman–Crippen LogP) is 0.0148. The molecule has 1 heterocycles. The number of aliphatic hydroxyl groups is 1. The van der Waals surface area contributed by atoms with Crippen molar-refractivity contribution < 1.29 is 19.8 Å². The lowest BCUT2D eigenvalue weighted by Crippen LogP contribution is -2.44. The maximum absolute atomic E-state index is 11.9. The van der Waals surface area contributed by atoms with Gasteiger partial charge >= 0.3 is 5.97 Å². The van der Waals surface area contributed by atoms with E-state index in [9.17, 15) is 9.59 Å². The highest BCUT2D eigenvalue weighted by Crippen LogP contribution is 2.17. The standard InChI is InChI=1S/C13H24N2O4S/c16-7-1-8-20-9-4-14-10-12(17)15-5-2-11(3-6-15)13(18)19/h11,14,16H,1-10H2,(H,18,19). The monoisotopic (exact) mass is 304 g/mol. The van der Waals surface area contributed by atoms with Gasteiger partial charge in [0.1, 0.15) is 0 Å². The number of piperidine rings is 1. The quantitative estimate of drug-likeness (QED) is 0.520. The topological polar surface area (TPSA) is 89.9 Å². The summed E-state index contributed by atoms with van der Waals surface area (Å²) in [7, 11) is 0. The molecule has 0 bridgehead atoms. The second-order valence-electron chi connectivity index (χ2n) is 4.86. The lowest BCUT2D eigenvalue weighted by molar-refractivity contribution is -0.145. The summed E-state index contributed by atoms with van der Waals surface area (Å²) in [6, 6.07) is 0. The first-order chi connectivity index (χ1) is 9.65. The van der Waals surface area contributed by atoms with Crippen molar-refractivity contribution in [2.45, 2.75) is 19.3 Å². The van der Waals surface area contributed by atoms with Crippen LogP contribution in [0.4, 0.5) is 0 Å². The Hall–Kier alpha value is -0.790. The van der Waals surface area contributed by atoms with Gasteiger partial charge < -0.3 is 20.4 Å². The Morgan fingerprint density at radius 3 is 2.55 bits per heavy atom. The number of carboxylic acid groups (broad SMARTS) is 1. The van der Waals surface area contributed by atoms with Gasteiger partial charge in [-0.3, -0.25) is 9.59 Å². The van der Waals surface area contributed by atoms with Crippen molar-refractivity contribution in [2.75, 3.05) is 44.3 Å². The van der Waals surface area contributed by atoms with Gasteiger partial charge in [-0.25, -0.2) is 0 Å². The van der Waals surface area contributed by atoms with Crippen molar-refractivity contribution in [1.29, 1.82) is 0 Å². The van der Waals surface area contributed by atoms with Gasteiger partial charge in [0.25, 0.3) is 0 Å². The van der Waals surface area contributed by atoms with E-state index in [2.05, 4.69) is 5.32 Å².